The van der Waals surface area contributed by atoms with Crippen LogP contribution in [0.5, 0.6) is 0 Å². The van der Waals surface area contributed by atoms with Crippen LogP contribution in [0, 0.1) is 0 Å². The molecule has 1 unspecified atom stereocenters. The van der Waals surface area contributed by atoms with Crippen molar-refractivity contribution in [1.29, 1.82) is 0 Å². The minimum Gasteiger partial charge on any atom is -0.479 e. The predicted octanol–water partition coefficient (Wildman–Crippen LogP) is 4.68. The van der Waals surface area contributed by atoms with E-state index in [9.17, 15) is 32.3 Å². The number of ether oxygens (including phenoxy) is 1. The van der Waals surface area contributed by atoms with E-state index in [2.05, 4.69) is 20.9 Å². The standard InChI is InChI=1S/C31H31FN4O7S/c1-33-16-21-14-22(8-11-27(21)44(41,42)24-9-10-24)36-31(40)43-17-26(32)19-2-4-20(5-3-19)28(30(38)39)35-23-7-6-18-12-13-34-29(37)25(18)15-23/h2-8,11-15,24,26,28,33,35H,9-10,16-17H2,1H3,(H,34,37)(H,36,40)(H,38,39)/t26-,28?/m0/s1. The minimum atomic E-state index is -3.44. The van der Waals surface area contributed by atoms with Crippen molar-refractivity contribution in [2.24, 2.45) is 0 Å². The molecule has 5 N–H and O–H groups in total. The molecule has 1 saturated carbocycles. The van der Waals surface area contributed by atoms with Gasteiger partial charge in [-0.2, -0.15) is 0 Å². The molecule has 0 bridgehead atoms. The normalized spacial score (nSPS) is 14.5. The van der Waals surface area contributed by atoms with Gasteiger partial charge in [-0.05, 0) is 78.4 Å². The summed E-state index contributed by atoms with van der Waals surface area (Å²) in [7, 11) is -1.75. The van der Waals surface area contributed by atoms with E-state index in [1.807, 2.05) is 0 Å². The van der Waals surface area contributed by atoms with Crippen molar-refractivity contribution in [3.05, 3.63) is 100.0 Å². The molecule has 5 rings (SSSR count). The highest BCUT2D eigenvalue weighted by Gasteiger charge is 2.38. The molecule has 0 saturated heterocycles. The number of pyridine rings is 1. The van der Waals surface area contributed by atoms with Crippen LogP contribution in [-0.4, -0.2) is 49.5 Å². The van der Waals surface area contributed by atoms with Crippen LogP contribution in [0.4, 0.5) is 20.6 Å². The predicted molar refractivity (Wildman–Crippen MR) is 163 cm³/mol. The molecule has 2 atom stereocenters. The van der Waals surface area contributed by atoms with E-state index in [-0.39, 0.29) is 27.8 Å². The fourth-order valence-corrected chi connectivity index (χ4v) is 6.71. The molecule has 4 aromatic rings. The maximum atomic E-state index is 14.9. The van der Waals surface area contributed by atoms with Crippen molar-refractivity contribution in [1.82, 2.24) is 10.3 Å². The molecule has 1 fully saturated rings. The van der Waals surface area contributed by atoms with E-state index in [1.165, 1.54) is 42.6 Å². The van der Waals surface area contributed by atoms with Gasteiger partial charge >= 0.3 is 12.1 Å². The highest BCUT2D eigenvalue weighted by molar-refractivity contribution is 7.92. The summed E-state index contributed by atoms with van der Waals surface area (Å²) in [4.78, 5) is 39.3. The summed E-state index contributed by atoms with van der Waals surface area (Å²) in [5.41, 5.74) is 1.45. The van der Waals surface area contributed by atoms with Crippen LogP contribution in [0.25, 0.3) is 10.8 Å². The number of aromatic amines is 1. The Morgan fingerprint density at radius 3 is 2.41 bits per heavy atom. The van der Waals surface area contributed by atoms with Gasteiger partial charge in [0.15, 0.2) is 22.1 Å². The molecule has 0 radical (unpaired) electrons. The van der Waals surface area contributed by atoms with Crippen LogP contribution in [0.1, 0.15) is 41.7 Å². The third-order valence-corrected chi connectivity index (χ3v) is 9.63. The Morgan fingerprint density at radius 1 is 1.02 bits per heavy atom. The van der Waals surface area contributed by atoms with Crippen molar-refractivity contribution >= 4 is 44.0 Å². The lowest BCUT2D eigenvalue weighted by molar-refractivity contribution is -0.138. The fraction of sp³-hybridized carbons (Fsp3) is 0.258. The lowest BCUT2D eigenvalue weighted by atomic mass is 10.0. The maximum Gasteiger partial charge on any atom is 0.411 e. The van der Waals surface area contributed by atoms with Crippen LogP contribution in [0.2, 0.25) is 0 Å². The number of sulfone groups is 1. The van der Waals surface area contributed by atoms with Crippen LogP contribution < -0.4 is 21.5 Å². The lowest BCUT2D eigenvalue weighted by Crippen LogP contribution is -2.21. The quantitative estimate of drug-likeness (QED) is 0.151. The van der Waals surface area contributed by atoms with Gasteiger partial charge in [0.1, 0.15) is 6.61 Å². The first-order valence-corrected chi connectivity index (χ1v) is 15.4. The number of fused-ring (bicyclic) bond motifs is 1. The summed E-state index contributed by atoms with van der Waals surface area (Å²) in [6.45, 7) is -0.330. The summed E-state index contributed by atoms with van der Waals surface area (Å²) in [6, 6.07) is 15.7. The number of benzene rings is 3. The first-order valence-electron chi connectivity index (χ1n) is 13.9. The van der Waals surface area contributed by atoms with Gasteiger partial charge in [0.2, 0.25) is 0 Å². The number of alkyl halides is 1. The number of amides is 1. The number of carbonyl (C=O) groups excluding carboxylic acids is 1. The van der Waals surface area contributed by atoms with Gasteiger partial charge in [0, 0.05) is 29.5 Å². The lowest BCUT2D eigenvalue weighted by Gasteiger charge is -2.18. The van der Waals surface area contributed by atoms with Crippen molar-refractivity contribution < 1.29 is 32.2 Å². The van der Waals surface area contributed by atoms with Crippen molar-refractivity contribution in [3.8, 4) is 0 Å². The smallest absolute Gasteiger partial charge is 0.411 e. The summed E-state index contributed by atoms with van der Waals surface area (Å²) in [6.07, 6.45) is 0.185. The third kappa shape index (κ3) is 6.90. The Hall–Kier alpha value is -4.75. The number of anilines is 2. The Labute approximate surface area is 252 Å². The number of carboxylic acid groups (broad SMARTS) is 1. The van der Waals surface area contributed by atoms with E-state index in [0.29, 0.717) is 46.1 Å². The van der Waals surface area contributed by atoms with Gasteiger partial charge in [-0.25, -0.2) is 22.4 Å². The topological polar surface area (TPSA) is 167 Å². The van der Waals surface area contributed by atoms with E-state index in [4.69, 9.17) is 4.74 Å². The number of carboxylic acids is 1. The molecule has 1 aliphatic rings. The van der Waals surface area contributed by atoms with E-state index in [0.717, 1.165) is 0 Å². The summed E-state index contributed by atoms with van der Waals surface area (Å²) < 4.78 is 45.5. The summed E-state index contributed by atoms with van der Waals surface area (Å²) in [5.74, 6) is -1.17. The largest absolute Gasteiger partial charge is 0.479 e. The minimum absolute atomic E-state index is 0.175. The molecular formula is C31H31FN4O7S. The van der Waals surface area contributed by atoms with E-state index in [1.54, 1.807) is 37.4 Å². The van der Waals surface area contributed by atoms with Crippen LogP contribution >= 0.6 is 0 Å². The molecular weight excluding hydrogens is 591 g/mol. The molecule has 44 heavy (non-hydrogen) atoms. The van der Waals surface area contributed by atoms with Crippen molar-refractivity contribution in [3.63, 3.8) is 0 Å². The number of halogens is 1. The highest BCUT2D eigenvalue weighted by atomic mass is 32.2. The SMILES string of the molecule is CNCc1cc(NC(=O)OC[C@H](F)c2ccc(C(Nc3ccc4cc[nH]c(=O)c4c3)C(=O)O)cc2)ccc1S(=O)(=O)C1CC1. The van der Waals surface area contributed by atoms with Gasteiger partial charge < -0.3 is 25.5 Å². The Kier molecular flexibility index (Phi) is 8.97. The Bertz CT molecular complexity index is 1860. The third-order valence-electron chi connectivity index (χ3n) is 7.27. The number of aromatic nitrogens is 1. The van der Waals surface area contributed by atoms with Gasteiger partial charge in [0.05, 0.1) is 10.1 Å². The van der Waals surface area contributed by atoms with Crippen LogP contribution in [0.3, 0.4) is 0 Å². The van der Waals surface area contributed by atoms with Crippen molar-refractivity contribution in [2.45, 2.75) is 41.7 Å². The van der Waals surface area contributed by atoms with Crippen LogP contribution in [0.15, 0.2) is 82.6 Å². The van der Waals surface area contributed by atoms with Gasteiger partial charge in [-0.3, -0.25) is 10.1 Å². The zero-order valence-electron chi connectivity index (χ0n) is 23.7. The Balaban J connectivity index is 1.20. The average molecular weight is 623 g/mol. The molecule has 1 amide bonds. The molecule has 1 aromatic heterocycles. The summed E-state index contributed by atoms with van der Waals surface area (Å²) >= 11 is 0. The second kappa shape index (κ2) is 12.9. The number of aliphatic carboxylic acids is 1. The zero-order valence-corrected chi connectivity index (χ0v) is 24.5. The van der Waals surface area contributed by atoms with E-state index >= 15 is 0 Å². The zero-order chi connectivity index (χ0) is 31.4. The van der Waals surface area contributed by atoms with Gasteiger partial charge in [0.25, 0.3) is 5.56 Å². The Morgan fingerprint density at radius 2 is 1.73 bits per heavy atom. The van der Waals surface area contributed by atoms with Crippen molar-refractivity contribution in [2.75, 3.05) is 24.3 Å². The molecule has 1 aliphatic carbocycles. The molecule has 3 aromatic carbocycles. The monoisotopic (exact) mass is 622 g/mol. The first-order chi connectivity index (χ1) is 21.1. The summed E-state index contributed by atoms with van der Waals surface area (Å²) in [5, 5.41) is 18.9. The molecule has 230 valence electrons. The number of hydrogen-bond acceptors (Lipinski definition) is 8. The second-order valence-corrected chi connectivity index (χ2v) is 12.7. The first kappa shape index (κ1) is 30.7. The molecule has 1 heterocycles. The molecule has 11 nitrogen and oxygen atoms in total. The van der Waals surface area contributed by atoms with E-state index < -0.39 is 40.7 Å². The maximum absolute atomic E-state index is 14.9. The number of H-pyrrole nitrogens is 1. The average Bonchev–Trinajstić information content (AvgIpc) is 3.86. The molecule has 0 spiro atoms. The number of carbonyl (C=O) groups is 2. The molecule has 13 heteroatoms. The molecule has 0 aliphatic heterocycles. The van der Waals surface area contributed by atoms with Gasteiger partial charge in [-0.1, -0.05) is 30.3 Å². The highest BCUT2D eigenvalue weighted by Crippen LogP contribution is 2.35. The number of rotatable bonds is 12. The number of hydrogen-bond donors (Lipinski definition) is 5. The van der Waals surface area contributed by atoms with Crippen LogP contribution in [-0.2, 0) is 25.9 Å². The second-order valence-electron chi connectivity index (χ2n) is 10.5. The fourth-order valence-electron chi connectivity index (χ4n) is 4.84. The van der Waals surface area contributed by atoms with Gasteiger partial charge in [-0.15, -0.1) is 0 Å². The number of nitrogens with one attached hydrogen (secondary N) is 4.